The first-order valence-electron chi connectivity index (χ1n) is 4.48. The maximum atomic E-state index is 12.9. The number of hydrogen-bond donors (Lipinski definition) is 0. The average Bonchev–Trinajstić information content (AvgIpc) is 2.02. The Balaban J connectivity index is 3.03. The van der Waals surface area contributed by atoms with Gasteiger partial charge in [-0.25, -0.2) is 4.39 Å². The van der Waals surface area contributed by atoms with Crippen LogP contribution in [0.15, 0.2) is 23.0 Å². The Labute approximate surface area is 80.3 Å². The molecule has 0 radical (unpaired) electrons. The fraction of sp³-hybridized carbons (Fsp3) is 0.600. The quantitative estimate of drug-likeness (QED) is 0.568. The zero-order valence-corrected chi connectivity index (χ0v) is 8.08. The third-order valence-electron chi connectivity index (χ3n) is 2.30. The van der Waals surface area contributed by atoms with E-state index >= 15 is 0 Å². The van der Waals surface area contributed by atoms with Crippen LogP contribution in [-0.2, 0) is 0 Å². The molecule has 80 valence electrons. The predicted molar refractivity (Wildman–Crippen MR) is 46.3 cm³/mol. The van der Waals surface area contributed by atoms with E-state index < -0.39 is 17.6 Å². The summed E-state index contributed by atoms with van der Waals surface area (Å²) in [7, 11) is 0. The first-order valence-corrected chi connectivity index (χ1v) is 4.48. The van der Waals surface area contributed by atoms with Crippen molar-refractivity contribution < 1.29 is 17.6 Å². The van der Waals surface area contributed by atoms with Crippen LogP contribution in [0.25, 0.3) is 0 Å². The molecule has 0 N–H and O–H groups in total. The zero-order chi connectivity index (χ0) is 10.9. The highest BCUT2D eigenvalue weighted by atomic mass is 19.4. The largest absolute Gasteiger partial charge is 0.418 e. The Hall–Kier alpha value is -0.800. The van der Waals surface area contributed by atoms with Crippen molar-refractivity contribution in [3.8, 4) is 0 Å². The van der Waals surface area contributed by atoms with Crippen molar-refractivity contribution in [3.63, 3.8) is 0 Å². The summed E-state index contributed by atoms with van der Waals surface area (Å²) in [5.41, 5.74) is -0.439. The lowest BCUT2D eigenvalue weighted by molar-refractivity contribution is -0.0905. The van der Waals surface area contributed by atoms with Gasteiger partial charge in [-0.05, 0) is 18.4 Å². The minimum Gasteiger partial charge on any atom is -0.211 e. The second-order valence-electron chi connectivity index (χ2n) is 3.69. The van der Waals surface area contributed by atoms with Crippen LogP contribution in [0.1, 0.15) is 26.7 Å². The highest BCUT2D eigenvalue weighted by Gasteiger charge is 2.37. The molecule has 0 saturated carbocycles. The highest BCUT2D eigenvalue weighted by molar-refractivity contribution is 5.34. The minimum absolute atomic E-state index is 0.0421. The van der Waals surface area contributed by atoms with Crippen LogP contribution in [0.3, 0.4) is 0 Å². The van der Waals surface area contributed by atoms with E-state index in [2.05, 4.69) is 0 Å². The summed E-state index contributed by atoms with van der Waals surface area (Å²) in [5.74, 6) is -0.998. The average molecular weight is 208 g/mol. The first-order chi connectivity index (χ1) is 6.32. The van der Waals surface area contributed by atoms with Gasteiger partial charge < -0.3 is 0 Å². The van der Waals surface area contributed by atoms with Crippen LogP contribution < -0.4 is 0 Å². The van der Waals surface area contributed by atoms with E-state index in [0.717, 1.165) is 6.08 Å². The summed E-state index contributed by atoms with van der Waals surface area (Å²) >= 11 is 0. The third kappa shape index (κ3) is 2.36. The normalized spacial score (nSPS) is 18.9. The van der Waals surface area contributed by atoms with E-state index in [9.17, 15) is 17.6 Å². The number of alkyl halides is 3. The van der Waals surface area contributed by atoms with E-state index in [1.54, 1.807) is 0 Å². The topological polar surface area (TPSA) is 0 Å². The highest BCUT2D eigenvalue weighted by Crippen LogP contribution is 2.37. The molecule has 14 heavy (non-hydrogen) atoms. The molecule has 0 aliphatic heterocycles. The smallest absolute Gasteiger partial charge is 0.211 e. The summed E-state index contributed by atoms with van der Waals surface area (Å²) in [6.45, 7) is 3.62. The van der Waals surface area contributed by atoms with Crippen LogP contribution in [0.4, 0.5) is 17.6 Å². The molecule has 0 saturated heterocycles. The van der Waals surface area contributed by atoms with Crippen molar-refractivity contribution in [1.29, 1.82) is 0 Å². The van der Waals surface area contributed by atoms with Crippen LogP contribution >= 0.6 is 0 Å². The minimum atomic E-state index is -4.56. The molecule has 1 aliphatic rings. The summed E-state index contributed by atoms with van der Waals surface area (Å²) < 4.78 is 49.8. The second kappa shape index (κ2) is 3.75. The van der Waals surface area contributed by atoms with Crippen molar-refractivity contribution in [1.82, 2.24) is 0 Å². The molecule has 4 heteroatoms. The molecule has 1 rings (SSSR count). The molecule has 0 unspecified atom stereocenters. The van der Waals surface area contributed by atoms with Gasteiger partial charge in [0.2, 0.25) is 0 Å². The standard InChI is InChI=1S/C10H12F4/c1-6(2)7-3-4-9(11)8(5-7)10(12,13)14/h5-6H,3-4H2,1-2H3. The van der Waals surface area contributed by atoms with Gasteiger partial charge in [0, 0.05) is 6.42 Å². The first kappa shape index (κ1) is 11.3. The fourth-order valence-corrected chi connectivity index (χ4v) is 1.42. The number of rotatable bonds is 1. The van der Waals surface area contributed by atoms with Crippen LogP contribution in [0, 0.1) is 5.92 Å². The van der Waals surface area contributed by atoms with Gasteiger partial charge in [0.25, 0.3) is 0 Å². The Morgan fingerprint density at radius 3 is 2.21 bits per heavy atom. The molecule has 0 amide bonds. The van der Waals surface area contributed by atoms with Crippen LogP contribution in [0.2, 0.25) is 0 Å². The van der Waals surface area contributed by atoms with Crippen molar-refractivity contribution in [2.75, 3.05) is 0 Å². The molecular formula is C10H12F4. The molecule has 0 aromatic rings. The van der Waals surface area contributed by atoms with Crippen molar-refractivity contribution >= 4 is 0 Å². The van der Waals surface area contributed by atoms with E-state index in [4.69, 9.17) is 0 Å². The number of allylic oxidation sites excluding steroid dienone is 4. The maximum absolute atomic E-state index is 12.9. The van der Waals surface area contributed by atoms with Gasteiger partial charge in [-0.2, -0.15) is 13.2 Å². The van der Waals surface area contributed by atoms with Crippen molar-refractivity contribution in [2.24, 2.45) is 5.92 Å². The van der Waals surface area contributed by atoms with Gasteiger partial charge in [0.05, 0.1) is 5.57 Å². The Morgan fingerprint density at radius 1 is 1.21 bits per heavy atom. The second-order valence-corrected chi connectivity index (χ2v) is 3.69. The van der Waals surface area contributed by atoms with Crippen molar-refractivity contribution in [2.45, 2.75) is 32.9 Å². The van der Waals surface area contributed by atoms with E-state index in [-0.39, 0.29) is 12.3 Å². The van der Waals surface area contributed by atoms with E-state index in [0.29, 0.717) is 12.0 Å². The summed E-state index contributed by atoms with van der Waals surface area (Å²) in [6, 6.07) is 0. The molecule has 0 atom stereocenters. The van der Waals surface area contributed by atoms with Gasteiger partial charge in [-0.3, -0.25) is 0 Å². The number of hydrogen-bond acceptors (Lipinski definition) is 0. The molecule has 0 heterocycles. The lowest BCUT2D eigenvalue weighted by Crippen LogP contribution is -2.15. The third-order valence-corrected chi connectivity index (χ3v) is 2.30. The molecule has 0 aromatic heterocycles. The van der Waals surface area contributed by atoms with Gasteiger partial charge in [-0.15, -0.1) is 0 Å². The van der Waals surface area contributed by atoms with E-state index in [1.165, 1.54) is 0 Å². The summed E-state index contributed by atoms with van der Waals surface area (Å²) in [5, 5.41) is 0. The Morgan fingerprint density at radius 2 is 1.79 bits per heavy atom. The lowest BCUT2D eigenvalue weighted by Gasteiger charge is -2.19. The predicted octanol–water partition coefficient (Wildman–Crippen LogP) is 4.15. The molecule has 0 bridgehead atoms. The molecule has 0 fully saturated rings. The molecule has 0 spiro atoms. The van der Waals surface area contributed by atoms with Gasteiger partial charge in [0.1, 0.15) is 5.83 Å². The van der Waals surface area contributed by atoms with Crippen molar-refractivity contribution in [3.05, 3.63) is 23.0 Å². The summed E-state index contributed by atoms with van der Waals surface area (Å²) in [4.78, 5) is 0. The summed E-state index contributed by atoms with van der Waals surface area (Å²) in [6.07, 6.45) is -3.35. The zero-order valence-electron chi connectivity index (χ0n) is 8.08. The van der Waals surface area contributed by atoms with Gasteiger partial charge in [-0.1, -0.05) is 19.4 Å². The fourth-order valence-electron chi connectivity index (χ4n) is 1.42. The van der Waals surface area contributed by atoms with E-state index in [1.807, 2.05) is 13.8 Å². The monoisotopic (exact) mass is 208 g/mol. The molecule has 0 nitrogen and oxygen atoms in total. The van der Waals surface area contributed by atoms with Gasteiger partial charge in [0.15, 0.2) is 0 Å². The van der Waals surface area contributed by atoms with Crippen LogP contribution in [0.5, 0.6) is 0 Å². The van der Waals surface area contributed by atoms with Gasteiger partial charge >= 0.3 is 6.18 Å². The maximum Gasteiger partial charge on any atom is 0.418 e. The SMILES string of the molecule is CC(C)C1=CC(C(F)(F)F)=C(F)CC1. The number of halogens is 4. The Bertz CT molecular complexity index is 281. The lowest BCUT2D eigenvalue weighted by atomic mass is 9.91. The molecule has 0 aromatic carbocycles. The molecule has 1 aliphatic carbocycles. The Kier molecular flexibility index (Phi) is 3.02. The van der Waals surface area contributed by atoms with Crippen LogP contribution in [-0.4, -0.2) is 6.18 Å². The molecular weight excluding hydrogens is 196 g/mol.